The fraction of sp³-hybridized carbons (Fsp3) is 0.417. The third-order valence-corrected chi connectivity index (χ3v) is 5.18. The molecule has 0 unspecified atom stereocenters. The van der Waals surface area contributed by atoms with Crippen LogP contribution in [-0.2, 0) is 17.1 Å². The minimum Gasteiger partial charge on any atom is -0.339 e. The fourth-order valence-corrected chi connectivity index (χ4v) is 4.09. The number of aryl methyl sites for hydroxylation is 1. The van der Waals surface area contributed by atoms with E-state index >= 15 is 0 Å². The summed E-state index contributed by atoms with van der Waals surface area (Å²) in [5, 5.41) is 0.0794. The number of sulfonamides is 1. The van der Waals surface area contributed by atoms with Gasteiger partial charge in [-0.05, 0) is 12.8 Å². The Morgan fingerprint density at radius 3 is 2.80 bits per heavy atom. The van der Waals surface area contributed by atoms with Gasteiger partial charge in [0.05, 0.1) is 24.3 Å². The Bertz CT molecular complexity index is 698. The lowest BCUT2D eigenvalue weighted by Gasteiger charge is -2.22. The van der Waals surface area contributed by atoms with Crippen molar-refractivity contribution in [2.45, 2.75) is 23.9 Å². The van der Waals surface area contributed by atoms with Crippen molar-refractivity contribution in [2.24, 2.45) is 7.05 Å². The van der Waals surface area contributed by atoms with Crippen molar-refractivity contribution < 1.29 is 8.42 Å². The first-order chi connectivity index (χ1) is 9.59. The van der Waals surface area contributed by atoms with Crippen LogP contribution in [0.25, 0.3) is 0 Å². The second kappa shape index (κ2) is 4.95. The van der Waals surface area contributed by atoms with Crippen LogP contribution in [0.2, 0.25) is 0 Å². The molecular formula is C12H15N5O2S. The van der Waals surface area contributed by atoms with E-state index < -0.39 is 10.0 Å². The lowest BCUT2D eigenvalue weighted by molar-refractivity contribution is 0.388. The van der Waals surface area contributed by atoms with E-state index in [0.29, 0.717) is 12.2 Å². The molecule has 3 heterocycles. The Labute approximate surface area is 117 Å². The van der Waals surface area contributed by atoms with Crippen molar-refractivity contribution in [3.8, 4) is 0 Å². The molecule has 0 bridgehead atoms. The van der Waals surface area contributed by atoms with Gasteiger partial charge in [0, 0.05) is 32.2 Å². The Balaban J connectivity index is 1.97. The van der Waals surface area contributed by atoms with Gasteiger partial charge >= 0.3 is 0 Å². The summed E-state index contributed by atoms with van der Waals surface area (Å²) in [6.45, 7) is 0.486. The van der Waals surface area contributed by atoms with E-state index in [0.717, 1.165) is 12.8 Å². The van der Waals surface area contributed by atoms with E-state index in [2.05, 4.69) is 15.0 Å². The molecule has 2 aromatic rings. The molecule has 0 spiro atoms. The maximum absolute atomic E-state index is 12.6. The molecule has 1 saturated heterocycles. The van der Waals surface area contributed by atoms with Crippen molar-refractivity contribution in [2.75, 3.05) is 6.54 Å². The number of hydrogen-bond donors (Lipinski definition) is 0. The molecule has 106 valence electrons. The summed E-state index contributed by atoms with van der Waals surface area (Å²) in [5.41, 5.74) is 0.685. The minimum atomic E-state index is -3.58. The van der Waals surface area contributed by atoms with E-state index in [9.17, 15) is 8.42 Å². The van der Waals surface area contributed by atoms with Crippen LogP contribution in [0.4, 0.5) is 0 Å². The maximum Gasteiger partial charge on any atom is 0.262 e. The highest BCUT2D eigenvalue weighted by Crippen LogP contribution is 2.34. The van der Waals surface area contributed by atoms with Crippen molar-refractivity contribution in [1.29, 1.82) is 0 Å². The Kier molecular flexibility index (Phi) is 3.27. The number of rotatable bonds is 3. The summed E-state index contributed by atoms with van der Waals surface area (Å²) in [6.07, 6.45) is 9.35. The molecule has 0 amide bonds. The minimum absolute atomic E-state index is 0.0794. The molecule has 2 aromatic heterocycles. The van der Waals surface area contributed by atoms with Gasteiger partial charge in [0.1, 0.15) is 0 Å². The molecule has 20 heavy (non-hydrogen) atoms. The zero-order valence-electron chi connectivity index (χ0n) is 11.0. The van der Waals surface area contributed by atoms with Crippen molar-refractivity contribution in [3.05, 3.63) is 36.8 Å². The first-order valence-corrected chi connectivity index (χ1v) is 7.79. The zero-order valence-corrected chi connectivity index (χ0v) is 11.9. The monoisotopic (exact) mass is 293 g/mol. The average Bonchev–Trinajstić information content (AvgIpc) is 3.08. The van der Waals surface area contributed by atoms with Gasteiger partial charge in [-0.3, -0.25) is 9.97 Å². The number of imidazole rings is 1. The quantitative estimate of drug-likeness (QED) is 0.833. The highest BCUT2D eigenvalue weighted by molar-refractivity contribution is 7.89. The molecule has 1 aliphatic rings. The largest absolute Gasteiger partial charge is 0.339 e. The van der Waals surface area contributed by atoms with Crippen LogP contribution < -0.4 is 0 Å². The molecular weight excluding hydrogens is 278 g/mol. The molecule has 0 N–H and O–H groups in total. The summed E-state index contributed by atoms with van der Waals surface area (Å²) in [4.78, 5) is 12.2. The van der Waals surface area contributed by atoms with Crippen LogP contribution >= 0.6 is 0 Å². The first-order valence-electron chi connectivity index (χ1n) is 6.35. The molecule has 0 aromatic carbocycles. The van der Waals surface area contributed by atoms with Crippen LogP contribution in [0, 0.1) is 0 Å². The lowest BCUT2D eigenvalue weighted by atomic mass is 10.2. The van der Waals surface area contributed by atoms with E-state index in [1.807, 2.05) is 0 Å². The summed E-state index contributed by atoms with van der Waals surface area (Å²) < 4.78 is 28.4. The Morgan fingerprint density at radius 2 is 2.15 bits per heavy atom. The standard InChI is InChI=1S/C12H15N5O2S/c1-16-8-12(15-9-16)20(18,19)17-6-2-3-11(17)10-7-13-4-5-14-10/h4-5,7-9,11H,2-3,6H2,1H3/t11-/m1/s1. The summed E-state index contributed by atoms with van der Waals surface area (Å²) in [6, 6.07) is -0.254. The van der Waals surface area contributed by atoms with Gasteiger partial charge < -0.3 is 4.57 Å². The summed E-state index contributed by atoms with van der Waals surface area (Å²) >= 11 is 0. The predicted molar refractivity (Wildman–Crippen MR) is 71.1 cm³/mol. The maximum atomic E-state index is 12.6. The second-order valence-electron chi connectivity index (χ2n) is 4.78. The predicted octanol–water partition coefficient (Wildman–Crippen LogP) is 0.736. The lowest BCUT2D eigenvalue weighted by Crippen LogP contribution is -2.31. The zero-order chi connectivity index (χ0) is 14.2. The van der Waals surface area contributed by atoms with Crippen molar-refractivity contribution in [1.82, 2.24) is 23.8 Å². The van der Waals surface area contributed by atoms with Crippen LogP contribution in [0.15, 0.2) is 36.1 Å². The smallest absolute Gasteiger partial charge is 0.262 e. The van der Waals surface area contributed by atoms with E-state index in [1.54, 1.807) is 30.2 Å². The van der Waals surface area contributed by atoms with Gasteiger partial charge in [-0.1, -0.05) is 0 Å². The van der Waals surface area contributed by atoms with E-state index in [1.165, 1.54) is 16.8 Å². The average molecular weight is 293 g/mol. The molecule has 7 nitrogen and oxygen atoms in total. The van der Waals surface area contributed by atoms with E-state index in [-0.39, 0.29) is 11.1 Å². The highest BCUT2D eigenvalue weighted by Gasteiger charge is 2.38. The summed E-state index contributed by atoms with van der Waals surface area (Å²) in [5.74, 6) is 0. The second-order valence-corrected chi connectivity index (χ2v) is 6.62. The van der Waals surface area contributed by atoms with Crippen LogP contribution in [-0.4, -0.2) is 38.8 Å². The molecule has 1 aliphatic heterocycles. The number of hydrogen-bond acceptors (Lipinski definition) is 5. The van der Waals surface area contributed by atoms with Crippen LogP contribution in [0.5, 0.6) is 0 Å². The Hall–Kier alpha value is -1.80. The van der Waals surface area contributed by atoms with Gasteiger partial charge in [0.15, 0.2) is 5.03 Å². The number of nitrogens with zero attached hydrogens (tertiary/aromatic N) is 5. The third-order valence-electron chi connectivity index (χ3n) is 3.38. The number of aromatic nitrogens is 4. The molecule has 8 heteroatoms. The van der Waals surface area contributed by atoms with Gasteiger partial charge in [0.25, 0.3) is 10.0 Å². The van der Waals surface area contributed by atoms with E-state index in [4.69, 9.17) is 0 Å². The molecule has 1 atom stereocenters. The fourth-order valence-electron chi connectivity index (χ4n) is 2.45. The SMILES string of the molecule is Cn1cnc(S(=O)(=O)N2CCC[C@@H]2c2cnccn2)c1. The van der Waals surface area contributed by atoms with Gasteiger partial charge in [-0.2, -0.15) is 4.31 Å². The van der Waals surface area contributed by atoms with Gasteiger partial charge in [0.2, 0.25) is 0 Å². The summed E-state index contributed by atoms with van der Waals surface area (Å²) in [7, 11) is -1.84. The first kappa shape index (κ1) is 13.2. The molecule has 0 aliphatic carbocycles. The molecule has 1 fully saturated rings. The van der Waals surface area contributed by atoms with Gasteiger partial charge in [-0.25, -0.2) is 13.4 Å². The van der Waals surface area contributed by atoms with Gasteiger partial charge in [-0.15, -0.1) is 0 Å². The molecule has 3 rings (SSSR count). The van der Waals surface area contributed by atoms with Crippen molar-refractivity contribution >= 4 is 10.0 Å². The van der Waals surface area contributed by atoms with Crippen LogP contribution in [0.1, 0.15) is 24.6 Å². The normalized spacial score (nSPS) is 20.4. The molecule has 0 radical (unpaired) electrons. The van der Waals surface area contributed by atoms with Crippen molar-refractivity contribution in [3.63, 3.8) is 0 Å². The Morgan fingerprint density at radius 1 is 1.30 bits per heavy atom. The highest BCUT2D eigenvalue weighted by atomic mass is 32.2. The third kappa shape index (κ3) is 2.20. The van der Waals surface area contributed by atoms with Crippen LogP contribution in [0.3, 0.4) is 0 Å². The topological polar surface area (TPSA) is 81.0 Å². The molecule has 0 saturated carbocycles.